The third kappa shape index (κ3) is 2.71. The van der Waals surface area contributed by atoms with Crippen molar-refractivity contribution in [2.45, 2.75) is 27.2 Å². The molecule has 0 fully saturated rings. The summed E-state index contributed by atoms with van der Waals surface area (Å²) in [5.74, 6) is 0. The molecule has 1 heterocycles. The first-order valence-corrected chi connectivity index (χ1v) is 5.52. The van der Waals surface area contributed by atoms with E-state index in [4.69, 9.17) is 5.11 Å². The first-order valence-electron chi connectivity index (χ1n) is 5.52. The first kappa shape index (κ1) is 13.4. The molecular weight excluding hydrogens is 222 g/mol. The maximum atomic E-state index is 11.0. The van der Waals surface area contributed by atoms with E-state index in [9.17, 15) is 10.1 Å². The van der Waals surface area contributed by atoms with E-state index in [0.29, 0.717) is 23.5 Å². The Morgan fingerprint density at radius 3 is 2.53 bits per heavy atom. The Bertz CT molecular complexity index is 432. The van der Waals surface area contributed by atoms with Crippen LogP contribution >= 0.6 is 0 Å². The van der Waals surface area contributed by atoms with Gasteiger partial charge in [0.1, 0.15) is 5.69 Å². The second kappa shape index (κ2) is 5.58. The lowest BCUT2D eigenvalue weighted by Gasteiger charge is -2.14. The van der Waals surface area contributed by atoms with Crippen LogP contribution < -0.4 is 5.32 Å². The van der Waals surface area contributed by atoms with Crippen LogP contribution in [0.2, 0.25) is 0 Å². The van der Waals surface area contributed by atoms with E-state index in [1.54, 1.807) is 13.8 Å². The van der Waals surface area contributed by atoms with Gasteiger partial charge in [-0.2, -0.15) is 0 Å². The molecule has 6 nitrogen and oxygen atoms in total. The van der Waals surface area contributed by atoms with Gasteiger partial charge >= 0.3 is 0 Å². The number of nitrogens with zero attached hydrogens (tertiary/aromatic N) is 2. The number of rotatable bonds is 5. The average molecular weight is 239 g/mol. The molecule has 1 aromatic rings. The first-order chi connectivity index (χ1) is 8.02. The lowest BCUT2D eigenvalue weighted by molar-refractivity contribution is -0.386. The van der Waals surface area contributed by atoms with Crippen LogP contribution in [0.25, 0.3) is 0 Å². The minimum absolute atomic E-state index is 0.000556. The smallest absolute Gasteiger partial charge is 0.295 e. The SMILES string of the molecule is CCNc1c(C)nc(C)c([N+](=O)[O-])c1CCO. The van der Waals surface area contributed by atoms with E-state index in [1.165, 1.54) is 0 Å². The molecule has 0 saturated carbocycles. The predicted octanol–water partition coefficient (Wildman–Crippen LogP) is 1.57. The summed E-state index contributed by atoms with van der Waals surface area (Å²) in [6.07, 6.45) is 0.253. The number of aromatic nitrogens is 1. The highest BCUT2D eigenvalue weighted by atomic mass is 16.6. The molecule has 0 aliphatic carbocycles. The Kier molecular flexibility index (Phi) is 4.39. The van der Waals surface area contributed by atoms with E-state index >= 15 is 0 Å². The number of hydrogen-bond acceptors (Lipinski definition) is 5. The number of aliphatic hydroxyl groups excluding tert-OH is 1. The summed E-state index contributed by atoms with van der Waals surface area (Å²) in [7, 11) is 0. The molecule has 0 bridgehead atoms. The molecule has 6 heteroatoms. The summed E-state index contributed by atoms with van der Waals surface area (Å²) < 4.78 is 0. The Balaban J connectivity index is 3.46. The molecule has 2 N–H and O–H groups in total. The maximum Gasteiger partial charge on any atom is 0.295 e. The minimum atomic E-state index is -0.437. The predicted molar refractivity (Wildman–Crippen MR) is 65.3 cm³/mol. The Morgan fingerprint density at radius 2 is 2.06 bits per heavy atom. The fraction of sp³-hybridized carbons (Fsp3) is 0.545. The number of nitrogens with one attached hydrogen (secondary N) is 1. The Morgan fingerprint density at radius 1 is 1.41 bits per heavy atom. The quantitative estimate of drug-likeness (QED) is 0.601. The number of pyridine rings is 1. The maximum absolute atomic E-state index is 11.0. The van der Waals surface area contributed by atoms with Crippen molar-refractivity contribution in [3.63, 3.8) is 0 Å². The summed E-state index contributed by atoms with van der Waals surface area (Å²) in [6, 6.07) is 0. The van der Waals surface area contributed by atoms with Gasteiger partial charge in [0.15, 0.2) is 0 Å². The molecule has 0 aromatic carbocycles. The molecule has 17 heavy (non-hydrogen) atoms. The number of nitro groups is 1. The third-order valence-corrected chi connectivity index (χ3v) is 2.53. The van der Waals surface area contributed by atoms with Gasteiger partial charge in [0.25, 0.3) is 5.69 Å². The molecule has 0 spiro atoms. The number of anilines is 1. The Labute approximate surface area is 99.8 Å². The van der Waals surface area contributed by atoms with E-state index in [1.807, 2.05) is 6.92 Å². The largest absolute Gasteiger partial charge is 0.396 e. The zero-order valence-electron chi connectivity index (χ0n) is 10.3. The fourth-order valence-corrected chi connectivity index (χ4v) is 1.92. The van der Waals surface area contributed by atoms with Gasteiger partial charge in [-0.3, -0.25) is 10.1 Å². The van der Waals surface area contributed by atoms with Crippen molar-refractivity contribution in [2.75, 3.05) is 18.5 Å². The van der Waals surface area contributed by atoms with E-state index in [0.717, 1.165) is 5.69 Å². The molecule has 0 unspecified atom stereocenters. The molecule has 0 amide bonds. The number of aliphatic hydroxyl groups is 1. The highest BCUT2D eigenvalue weighted by Gasteiger charge is 2.23. The monoisotopic (exact) mass is 239 g/mol. The van der Waals surface area contributed by atoms with Crippen molar-refractivity contribution in [3.05, 3.63) is 27.1 Å². The molecule has 94 valence electrons. The fourth-order valence-electron chi connectivity index (χ4n) is 1.92. The molecule has 0 aliphatic heterocycles. The second-order valence-electron chi connectivity index (χ2n) is 3.75. The van der Waals surface area contributed by atoms with Crippen LogP contribution in [0.15, 0.2) is 0 Å². The summed E-state index contributed by atoms with van der Waals surface area (Å²) >= 11 is 0. The van der Waals surface area contributed by atoms with Gasteiger partial charge in [-0.1, -0.05) is 0 Å². The van der Waals surface area contributed by atoms with Crippen molar-refractivity contribution >= 4 is 11.4 Å². The van der Waals surface area contributed by atoms with Gasteiger partial charge < -0.3 is 10.4 Å². The van der Waals surface area contributed by atoms with Gasteiger partial charge in [0.05, 0.1) is 21.9 Å². The minimum Gasteiger partial charge on any atom is -0.396 e. The van der Waals surface area contributed by atoms with Crippen molar-refractivity contribution in [1.82, 2.24) is 4.98 Å². The van der Waals surface area contributed by atoms with Crippen molar-refractivity contribution < 1.29 is 10.0 Å². The molecule has 0 radical (unpaired) electrons. The standard InChI is InChI=1S/C11H17N3O3/c1-4-12-10-7(2)13-8(3)11(14(16)17)9(10)5-6-15/h12,15H,4-6H2,1-3H3. The lowest BCUT2D eigenvalue weighted by Crippen LogP contribution is -2.11. The third-order valence-electron chi connectivity index (χ3n) is 2.53. The topological polar surface area (TPSA) is 88.3 Å². The molecule has 1 aromatic heterocycles. The molecule has 0 aliphatic rings. The van der Waals surface area contributed by atoms with Gasteiger partial charge in [-0.15, -0.1) is 0 Å². The van der Waals surface area contributed by atoms with Gasteiger partial charge in [0, 0.05) is 19.6 Å². The second-order valence-corrected chi connectivity index (χ2v) is 3.75. The summed E-state index contributed by atoms with van der Waals surface area (Å²) in [5, 5.41) is 23.1. The highest BCUT2D eigenvalue weighted by Crippen LogP contribution is 2.31. The van der Waals surface area contributed by atoms with Gasteiger partial charge in [-0.25, -0.2) is 4.98 Å². The van der Waals surface area contributed by atoms with Crippen LogP contribution in [0.1, 0.15) is 23.9 Å². The van der Waals surface area contributed by atoms with Crippen LogP contribution in [0.3, 0.4) is 0 Å². The van der Waals surface area contributed by atoms with Crippen LogP contribution in [0.4, 0.5) is 11.4 Å². The van der Waals surface area contributed by atoms with E-state index in [2.05, 4.69) is 10.3 Å². The lowest BCUT2D eigenvalue weighted by atomic mass is 10.1. The summed E-state index contributed by atoms with van der Waals surface area (Å²) in [5.41, 5.74) is 2.31. The van der Waals surface area contributed by atoms with E-state index < -0.39 is 4.92 Å². The van der Waals surface area contributed by atoms with Crippen LogP contribution in [-0.4, -0.2) is 28.2 Å². The molecule has 0 atom stereocenters. The molecule has 1 rings (SSSR count). The highest BCUT2D eigenvalue weighted by molar-refractivity contribution is 5.64. The van der Waals surface area contributed by atoms with Crippen molar-refractivity contribution in [1.29, 1.82) is 0 Å². The van der Waals surface area contributed by atoms with Crippen LogP contribution in [0.5, 0.6) is 0 Å². The van der Waals surface area contributed by atoms with Gasteiger partial charge in [0.2, 0.25) is 0 Å². The normalized spacial score (nSPS) is 10.4. The van der Waals surface area contributed by atoms with Crippen molar-refractivity contribution in [3.8, 4) is 0 Å². The van der Waals surface area contributed by atoms with Crippen LogP contribution in [-0.2, 0) is 6.42 Å². The van der Waals surface area contributed by atoms with E-state index in [-0.39, 0.29) is 18.7 Å². The summed E-state index contributed by atoms with van der Waals surface area (Å²) in [6.45, 7) is 5.86. The summed E-state index contributed by atoms with van der Waals surface area (Å²) in [4.78, 5) is 14.8. The molecule has 0 saturated heterocycles. The zero-order valence-corrected chi connectivity index (χ0v) is 10.3. The average Bonchev–Trinajstić information content (AvgIpc) is 2.23. The van der Waals surface area contributed by atoms with Gasteiger partial charge in [-0.05, 0) is 20.8 Å². The van der Waals surface area contributed by atoms with Crippen molar-refractivity contribution in [2.24, 2.45) is 0 Å². The number of hydrogen-bond donors (Lipinski definition) is 2. The zero-order chi connectivity index (χ0) is 13.0. The Hall–Kier alpha value is -1.69. The van der Waals surface area contributed by atoms with Crippen LogP contribution in [0, 0.1) is 24.0 Å². The number of aryl methyl sites for hydroxylation is 2. The molecular formula is C11H17N3O3.